The van der Waals surface area contributed by atoms with Crippen LogP contribution in [0.4, 0.5) is 0 Å². The number of aliphatic hydroxyl groups excluding tert-OH is 1. The van der Waals surface area contributed by atoms with E-state index in [1.165, 1.54) is 58.6 Å². The molecule has 16 heterocycles. The number of ether oxygens (including phenoxy) is 14. The minimum atomic E-state index is -1.59. The Kier molecular flexibility index (Phi) is 35.3. The standard InChI is InChI=1S/C47H80O9Si.C47H78O8Si.2CO2/c1-11-36-32(9)39(22-28(5)27-49-57(12-2,13-3)14-4)52-41(36)25-40-31(8)29(6)23-34(51-40)17-18-37-30(7)24-35(50-37)19-20-47-26-42-44(56-47)46-45(54-42)43(55-47)33(10)38(53-46)16-15-21-48;1-12-17-38-33(11)43-45-46(52-38)44-42(53-45)26-47(54-43,55-44)21-20-35-24-30(8)37(49-35)19-18-34-23-29(7)31(9)40(50-34)25-41-36(13-2)32(10)39(51-41)22-28(6)27-48-56(14-3,15-4)16-5;2*2-1-3/h28-29,32-46,48H,7-8,11-27H2,1-6,9-10H3;12,28-29,32-46H,1,8-9,13-27H2,2-7,10-11H3;;/t2*28-,29+,32+,33?,34-,35-,36?,37?,38-,39+,40?,41-,42+,43-,44?,45-,46-,47+;;/m00../s1. The van der Waals surface area contributed by atoms with E-state index in [-0.39, 0.29) is 177 Å². The SMILES string of the molecule is C=C1C[C@H](CC[C@@]23C[C@H]4O[C@H]5[C@@H](O2)C(C)[C@H](CCCO)O[C@H]5C4O3)OC1CC[C@H]1C[C@@H](C)C(=C)C(C[C@@H]2O[C@H](C[C@H](C)CO[Si](CC)(CC)CC)[C@H](C)C2CC)O1.C=CC[C@@H]1O[C@H]2C3O[C@]4(CC[C@H]5CC(=C)C(CC[C@H]6C[C@@H](C)C(=C)C(C[C@@H]7O[C@H](C[C@H](C)CO[Si](CC)(CC)CC)[C@H](C)C7CC)O6)O5)C[C@H]3O[C@H]2[C@@H](O4)C1C.O=C=O.O=C=O. The minimum Gasteiger partial charge on any atom is -0.417 e. The smallest absolute Gasteiger partial charge is 0.373 e. The molecule has 0 amide bonds. The molecule has 0 aromatic heterocycles. The quantitative estimate of drug-likeness (QED) is 0.0445. The molecule has 0 aromatic rings. The molecule has 16 fully saturated rings. The lowest BCUT2D eigenvalue weighted by molar-refractivity contribution is -0.263. The molecule has 21 nitrogen and oxygen atoms in total. The zero-order valence-corrected chi connectivity index (χ0v) is 78.0. The number of rotatable bonds is 39. The highest BCUT2D eigenvalue weighted by molar-refractivity contribution is 6.74. The Labute approximate surface area is 717 Å². The minimum absolute atomic E-state index is 0.0134. The Hall–Kier alpha value is -2.79. The molecule has 36 atom stereocenters. The van der Waals surface area contributed by atoms with Crippen molar-refractivity contribution in [3.8, 4) is 0 Å². The van der Waals surface area contributed by atoms with E-state index in [4.69, 9.17) is 94.3 Å². The first-order chi connectivity index (χ1) is 57.0. The van der Waals surface area contributed by atoms with Crippen molar-refractivity contribution < 1.29 is 99.5 Å². The highest BCUT2D eigenvalue weighted by Crippen LogP contribution is 2.57. The van der Waals surface area contributed by atoms with Gasteiger partial charge in [-0.3, -0.25) is 0 Å². The van der Waals surface area contributed by atoms with Gasteiger partial charge in [0.25, 0.3) is 0 Å². The van der Waals surface area contributed by atoms with Crippen LogP contribution in [0.3, 0.4) is 0 Å². The molecule has 0 radical (unpaired) electrons. The van der Waals surface area contributed by atoms with Gasteiger partial charge in [-0.1, -0.05) is 156 Å². The van der Waals surface area contributed by atoms with Crippen molar-refractivity contribution in [3.63, 3.8) is 0 Å². The van der Waals surface area contributed by atoms with Gasteiger partial charge in [-0.05, 0) is 202 Å². The predicted octanol–water partition coefficient (Wildman–Crippen LogP) is 18.2. The predicted molar refractivity (Wildman–Crippen MR) is 460 cm³/mol. The second-order valence-electron chi connectivity index (χ2n) is 39.3. The van der Waals surface area contributed by atoms with E-state index in [0.717, 1.165) is 161 Å². The van der Waals surface area contributed by atoms with E-state index in [2.05, 4.69) is 144 Å². The summed E-state index contributed by atoms with van der Waals surface area (Å²) in [6.07, 6.45) is 24.8. The molecular weight excluding hydrogens is 1550 g/mol. The molecule has 23 heteroatoms. The largest absolute Gasteiger partial charge is 0.417 e. The van der Waals surface area contributed by atoms with Crippen LogP contribution in [0, 0.1) is 59.2 Å². The number of aliphatic hydroxyl groups is 1. The second-order valence-corrected chi connectivity index (χ2v) is 48.9. The van der Waals surface area contributed by atoms with E-state index < -0.39 is 28.2 Å². The first-order valence-electron chi connectivity index (χ1n) is 47.5. The molecule has 676 valence electrons. The van der Waals surface area contributed by atoms with Gasteiger partial charge in [0, 0.05) is 70.2 Å². The summed E-state index contributed by atoms with van der Waals surface area (Å²) < 4.78 is 108. The highest BCUT2D eigenvalue weighted by atomic mass is 28.4. The molecule has 0 aliphatic carbocycles. The zero-order valence-electron chi connectivity index (χ0n) is 76.0. The molecule has 16 rings (SSSR count). The maximum Gasteiger partial charge on any atom is 0.373 e. The Morgan fingerprint density at radius 1 is 0.445 bits per heavy atom. The Balaban J connectivity index is 0.000000219. The molecule has 12 bridgehead atoms. The maximum atomic E-state index is 9.46. The van der Waals surface area contributed by atoms with Crippen LogP contribution in [-0.2, 0) is 94.3 Å². The Morgan fingerprint density at radius 2 is 0.815 bits per heavy atom. The third-order valence-electron chi connectivity index (χ3n) is 32.0. The molecule has 16 saturated heterocycles. The van der Waals surface area contributed by atoms with Gasteiger partial charge >= 0.3 is 12.3 Å². The van der Waals surface area contributed by atoms with Gasteiger partial charge in [-0.15, -0.1) is 6.58 Å². The Morgan fingerprint density at radius 3 is 1.19 bits per heavy atom. The lowest BCUT2D eigenvalue weighted by atomic mass is 9.80. The van der Waals surface area contributed by atoms with Gasteiger partial charge in [0.05, 0.1) is 110 Å². The highest BCUT2D eigenvalue weighted by Gasteiger charge is 2.69. The third-order valence-corrected chi connectivity index (χ3v) is 41.3. The second kappa shape index (κ2) is 43.3. The molecule has 0 saturated carbocycles. The average molecular weight is 1700 g/mol. The van der Waals surface area contributed by atoms with E-state index in [9.17, 15) is 5.11 Å². The van der Waals surface area contributed by atoms with Crippen LogP contribution in [0.15, 0.2) is 61.3 Å². The fraction of sp³-hybridized carbons (Fsp3) is 0.875. The van der Waals surface area contributed by atoms with E-state index >= 15 is 0 Å². The Bertz CT molecular complexity index is 3310. The van der Waals surface area contributed by atoms with Crippen LogP contribution < -0.4 is 0 Å². The molecular formula is C96H158O21Si2. The van der Waals surface area contributed by atoms with Crippen molar-refractivity contribution in [1.29, 1.82) is 0 Å². The number of hydrogen-bond acceptors (Lipinski definition) is 21. The molecule has 119 heavy (non-hydrogen) atoms. The van der Waals surface area contributed by atoms with E-state index in [0.29, 0.717) is 47.3 Å². The topological polar surface area (TPSA) is 236 Å². The van der Waals surface area contributed by atoms with E-state index in [1.807, 2.05) is 6.08 Å². The van der Waals surface area contributed by atoms with Crippen molar-refractivity contribution in [1.82, 2.24) is 0 Å². The third kappa shape index (κ3) is 22.1. The summed E-state index contributed by atoms with van der Waals surface area (Å²) in [6, 6.07) is 7.21. The molecule has 10 unspecified atom stereocenters. The van der Waals surface area contributed by atoms with Gasteiger partial charge in [0.15, 0.2) is 28.2 Å². The summed E-state index contributed by atoms with van der Waals surface area (Å²) >= 11 is 0. The van der Waals surface area contributed by atoms with Gasteiger partial charge in [-0.2, -0.15) is 19.2 Å². The van der Waals surface area contributed by atoms with Crippen molar-refractivity contribution in [2.75, 3.05) is 19.8 Å². The van der Waals surface area contributed by atoms with Crippen molar-refractivity contribution in [2.45, 2.75) is 453 Å². The lowest BCUT2D eigenvalue weighted by Gasteiger charge is -2.42. The average Bonchev–Trinajstić information content (AvgIpc) is 1.56. The molecule has 0 spiro atoms. The van der Waals surface area contributed by atoms with Crippen LogP contribution in [-0.4, -0.2) is 212 Å². The molecule has 16 aliphatic rings. The van der Waals surface area contributed by atoms with Crippen LogP contribution in [0.1, 0.15) is 258 Å². The summed E-state index contributed by atoms with van der Waals surface area (Å²) in [7, 11) is -3.17. The normalized spacial score (nSPS) is 42.8. The first-order valence-corrected chi connectivity index (χ1v) is 52.6. The zero-order chi connectivity index (χ0) is 86.0. The number of carbonyl (C=O) groups excluding carboxylic acids is 4. The summed E-state index contributed by atoms with van der Waals surface area (Å²) in [6.45, 7) is 61.2. The van der Waals surface area contributed by atoms with Crippen LogP contribution in [0.2, 0.25) is 36.3 Å². The van der Waals surface area contributed by atoms with Crippen molar-refractivity contribution >= 4 is 28.9 Å². The van der Waals surface area contributed by atoms with Gasteiger partial charge in [-0.25, -0.2) is 0 Å². The fourth-order valence-electron chi connectivity index (χ4n) is 24.0. The summed E-state index contributed by atoms with van der Waals surface area (Å²) in [5.74, 6) is 3.06. The summed E-state index contributed by atoms with van der Waals surface area (Å²) in [5.41, 5.74) is 4.87. The summed E-state index contributed by atoms with van der Waals surface area (Å²) in [5, 5.41) is 9.46. The fourth-order valence-corrected chi connectivity index (χ4v) is 29.5. The lowest BCUT2D eigenvalue weighted by Crippen LogP contribution is -2.54. The van der Waals surface area contributed by atoms with Gasteiger partial charge < -0.3 is 80.3 Å². The molecule has 0 aromatic carbocycles. The monoisotopic (exact) mass is 1700 g/mol. The number of hydrogen-bond donors (Lipinski definition) is 1. The van der Waals surface area contributed by atoms with E-state index in [1.54, 1.807) is 0 Å². The molecule has 16 aliphatic heterocycles. The van der Waals surface area contributed by atoms with Crippen molar-refractivity contribution in [3.05, 3.63) is 61.3 Å². The molecule has 1 N–H and O–H groups in total. The summed E-state index contributed by atoms with van der Waals surface area (Å²) in [4.78, 5) is 32.5. The van der Waals surface area contributed by atoms with Gasteiger partial charge in [0.2, 0.25) is 0 Å². The van der Waals surface area contributed by atoms with Crippen LogP contribution in [0.5, 0.6) is 0 Å². The van der Waals surface area contributed by atoms with Crippen LogP contribution in [0.25, 0.3) is 0 Å². The van der Waals surface area contributed by atoms with Crippen molar-refractivity contribution in [2.24, 2.45) is 59.2 Å². The van der Waals surface area contributed by atoms with Crippen LogP contribution >= 0.6 is 0 Å². The van der Waals surface area contributed by atoms with Gasteiger partial charge in [0.1, 0.15) is 36.6 Å². The first kappa shape index (κ1) is 96.8. The maximum absolute atomic E-state index is 9.46.